The van der Waals surface area contributed by atoms with Gasteiger partial charge in [0.05, 0.1) is 0 Å². The number of imide groups is 1. The van der Waals surface area contributed by atoms with E-state index in [4.69, 9.17) is 17.3 Å². The molecule has 2 N–H and O–H groups in total. The number of aliphatic imine (C=N–C) groups is 1. The fraction of sp³-hybridized carbons (Fsp3) is 0.188. The van der Waals surface area contributed by atoms with Crippen LogP contribution in [0.25, 0.3) is 0 Å². The Morgan fingerprint density at radius 3 is 2.67 bits per heavy atom. The van der Waals surface area contributed by atoms with Crippen LogP contribution in [0.3, 0.4) is 0 Å². The number of hydrogen-bond donors (Lipinski definition) is 1. The summed E-state index contributed by atoms with van der Waals surface area (Å²) in [6, 6.07) is 6.20. The number of halogens is 1. The molecule has 3 rings (SSSR count). The predicted molar refractivity (Wildman–Crippen MR) is 87.8 cm³/mol. The van der Waals surface area contributed by atoms with Crippen LogP contribution in [0.4, 0.5) is 4.79 Å². The van der Waals surface area contributed by atoms with Gasteiger partial charge < -0.3 is 5.73 Å². The smallest absolute Gasteiger partial charge is 0.367 e. The topological polar surface area (TPSA) is 95.8 Å². The van der Waals surface area contributed by atoms with E-state index in [-0.39, 0.29) is 18.9 Å². The van der Waals surface area contributed by atoms with E-state index in [0.717, 1.165) is 15.0 Å². The molecular formula is C16H14ClN4O3+. The van der Waals surface area contributed by atoms with Crippen molar-refractivity contribution in [1.82, 2.24) is 4.90 Å². The molecule has 4 amide bonds. The molecule has 2 aliphatic rings. The third-order valence-electron chi connectivity index (χ3n) is 3.71. The Morgan fingerprint density at radius 1 is 1.29 bits per heavy atom. The summed E-state index contributed by atoms with van der Waals surface area (Å²) in [5.41, 5.74) is 5.96. The van der Waals surface area contributed by atoms with E-state index in [1.165, 1.54) is 6.21 Å². The van der Waals surface area contributed by atoms with Crippen LogP contribution in [0, 0.1) is 5.92 Å². The lowest BCUT2D eigenvalue weighted by Gasteiger charge is -2.26. The first kappa shape index (κ1) is 16.1. The highest BCUT2D eigenvalue weighted by Crippen LogP contribution is 2.21. The summed E-state index contributed by atoms with van der Waals surface area (Å²) < 4.78 is 1.14. The molecule has 2 aliphatic heterocycles. The number of fused-ring (bicyclic) bond motifs is 1. The fourth-order valence-corrected chi connectivity index (χ4v) is 2.73. The number of allylic oxidation sites excluding steroid dienone is 1. The van der Waals surface area contributed by atoms with E-state index in [9.17, 15) is 14.4 Å². The number of hydrogen-bond acceptors (Lipinski definition) is 4. The molecule has 0 radical (unpaired) electrons. The lowest BCUT2D eigenvalue weighted by atomic mass is 10.0. The van der Waals surface area contributed by atoms with Gasteiger partial charge in [-0.15, -0.1) is 4.99 Å². The second kappa shape index (κ2) is 6.37. The molecule has 8 heteroatoms. The molecule has 0 bridgehead atoms. The molecule has 1 aromatic rings. The molecule has 1 atom stereocenters. The van der Waals surface area contributed by atoms with Gasteiger partial charge in [-0.25, -0.2) is 4.79 Å². The van der Waals surface area contributed by atoms with Gasteiger partial charge >= 0.3 is 11.9 Å². The summed E-state index contributed by atoms with van der Waals surface area (Å²) in [7, 11) is 0. The van der Waals surface area contributed by atoms with Gasteiger partial charge in [0, 0.05) is 5.02 Å². The Bertz CT molecular complexity index is 811. The number of amides is 4. The van der Waals surface area contributed by atoms with Gasteiger partial charge in [0.15, 0.2) is 12.5 Å². The Balaban J connectivity index is 1.97. The van der Waals surface area contributed by atoms with Crippen LogP contribution in [0.5, 0.6) is 0 Å². The second-order valence-electron chi connectivity index (χ2n) is 5.38. The van der Waals surface area contributed by atoms with E-state index >= 15 is 0 Å². The van der Waals surface area contributed by atoms with Crippen molar-refractivity contribution in [3.8, 4) is 0 Å². The fourth-order valence-electron chi connectivity index (χ4n) is 2.61. The zero-order chi connectivity index (χ0) is 17.3. The highest BCUT2D eigenvalue weighted by Gasteiger charge is 2.46. The quantitative estimate of drug-likeness (QED) is 0.823. The molecule has 0 saturated heterocycles. The SMILES string of the molecule is NC(=O)C[N+]1=C2N=CC=CC2C(=O)N(Cc2ccc(Cl)cc2)C1=O. The molecule has 122 valence electrons. The van der Waals surface area contributed by atoms with Crippen LogP contribution in [-0.4, -0.2) is 45.9 Å². The van der Waals surface area contributed by atoms with Crippen molar-refractivity contribution in [2.75, 3.05) is 6.54 Å². The second-order valence-corrected chi connectivity index (χ2v) is 5.82. The van der Waals surface area contributed by atoms with Gasteiger partial charge in [-0.3, -0.25) is 9.59 Å². The van der Waals surface area contributed by atoms with Crippen molar-refractivity contribution in [2.24, 2.45) is 16.6 Å². The minimum Gasteiger partial charge on any atom is -0.367 e. The first-order valence-electron chi connectivity index (χ1n) is 7.20. The van der Waals surface area contributed by atoms with Crippen molar-refractivity contribution in [3.05, 3.63) is 47.0 Å². The summed E-state index contributed by atoms with van der Waals surface area (Å²) in [6.07, 6.45) is 4.74. The van der Waals surface area contributed by atoms with E-state index in [1.54, 1.807) is 36.4 Å². The largest absolute Gasteiger partial charge is 0.446 e. The van der Waals surface area contributed by atoms with Crippen LogP contribution in [0.2, 0.25) is 5.02 Å². The molecule has 0 aromatic heterocycles. The number of carbonyl (C=O) groups is 3. The Hall–Kier alpha value is -2.80. The van der Waals surface area contributed by atoms with Crippen molar-refractivity contribution in [2.45, 2.75) is 6.54 Å². The zero-order valence-corrected chi connectivity index (χ0v) is 13.3. The molecule has 0 aliphatic carbocycles. The van der Waals surface area contributed by atoms with Crippen LogP contribution in [0.1, 0.15) is 5.56 Å². The van der Waals surface area contributed by atoms with Crippen LogP contribution in [0.15, 0.2) is 41.4 Å². The minimum absolute atomic E-state index is 0.0748. The summed E-state index contributed by atoms with van der Waals surface area (Å²) in [6.45, 7) is -0.258. The van der Waals surface area contributed by atoms with E-state index in [0.29, 0.717) is 5.02 Å². The van der Waals surface area contributed by atoms with E-state index < -0.39 is 23.8 Å². The zero-order valence-electron chi connectivity index (χ0n) is 12.6. The van der Waals surface area contributed by atoms with Crippen LogP contribution >= 0.6 is 11.6 Å². The number of benzene rings is 1. The summed E-state index contributed by atoms with van der Waals surface area (Å²) in [4.78, 5) is 41.8. The third-order valence-corrected chi connectivity index (χ3v) is 3.96. The van der Waals surface area contributed by atoms with Crippen LogP contribution in [-0.2, 0) is 16.1 Å². The van der Waals surface area contributed by atoms with Crippen LogP contribution < -0.4 is 5.73 Å². The molecular weight excluding hydrogens is 332 g/mol. The average Bonchev–Trinajstić information content (AvgIpc) is 2.57. The molecule has 0 fully saturated rings. The molecule has 1 unspecified atom stereocenters. The maximum atomic E-state index is 12.7. The maximum absolute atomic E-state index is 12.7. The molecule has 0 spiro atoms. The summed E-state index contributed by atoms with van der Waals surface area (Å²) in [5, 5.41) is 0.561. The number of rotatable bonds is 4. The van der Waals surface area contributed by atoms with E-state index in [1.807, 2.05) is 0 Å². The van der Waals surface area contributed by atoms with Gasteiger partial charge in [0.2, 0.25) is 0 Å². The standard InChI is InChI=1S/C16H13ClN4O3/c17-11-5-3-10(4-6-11)8-21-15(23)12-2-1-7-19-14(12)20(16(21)24)9-13(18)22/h1-7,12H,8-9H2,(H-,18,22)/p+1. The van der Waals surface area contributed by atoms with Gasteiger partial charge in [-0.05, 0) is 23.8 Å². The summed E-state index contributed by atoms with van der Waals surface area (Å²) >= 11 is 5.85. The average molecular weight is 346 g/mol. The van der Waals surface area contributed by atoms with E-state index in [2.05, 4.69) is 4.99 Å². The highest BCUT2D eigenvalue weighted by molar-refractivity contribution is 6.30. The molecule has 2 heterocycles. The van der Waals surface area contributed by atoms with Gasteiger partial charge in [-0.2, -0.15) is 9.48 Å². The first-order valence-corrected chi connectivity index (χ1v) is 7.58. The number of primary amides is 1. The summed E-state index contributed by atoms with van der Waals surface area (Å²) in [5.74, 6) is -1.56. The monoisotopic (exact) mass is 345 g/mol. The van der Waals surface area contributed by atoms with Crippen molar-refractivity contribution in [3.63, 3.8) is 0 Å². The Kier molecular flexibility index (Phi) is 4.26. The van der Waals surface area contributed by atoms with Gasteiger partial charge in [0.1, 0.15) is 12.8 Å². The minimum atomic E-state index is -0.709. The number of carbonyl (C=O) groups excluding carboxylic acids is 3. The number of amidine groups is 1. The maximum Gasteiger partial charge on any atom is 0.446 e. The molecule has 1 aromatic carbocycles. The highest BCUT2D eigenvalue weighted by atomic mass is 35.5. The Morgan fingerprint density at radius 2 is 2.00 bits per heavy atom. The predicted octanol–water partition coefficient (Wildman–Crippen LogP) is 0.955. The molecule has 24 heavy (non-hydrogen) atoms. The third kappa shape index (κ3) is 2.98. The Labute approximate surface area is 142 Å². The van der Waals surface area contributed by atoms with Crippen molar-refractivity contribution >= 4 is 41.5 Å². The molecule has 0 saturated carbocycles. The van der Waals surface area contributed by atoms with Crippen molar-refractivity contribution in [1.29, 1.82) is 0 Å². The number of dihydropyridines is 1. The molecule has 7 nitrogen and oxygen atoms in total. The first-order chi connectivity index (χ1) is 11.5. The number of urea groups is 1. The van der Waals surface area contributed by atoms with Gasteiger partial charge in [-0.1, -0.05) is 29.8 Å². The van der Waals surface area contributed by atoms with Gasteiger partial charge in [0.25, 0.3) is 11.7 Å². The lowest BCUT2D eigenvalue weighted by Crippen LogP contribution is -2.55. The normalized spacial score (nSPS) is 19.7. The van der Waals surface area contributed by atoms with Crippen molar-refractivity contribution < 1.29 is 19.0 Å². The number of nitrogens with zero attached hydrogens (tertiary/aromatic N) is 3. The lowest BCUT2D eigenvalue weighted by molar-refractivity contribution is -0.430. The number of nitrogens with two attached hydrogens (primary N) is 1.